The number of nitrogens with zero attached hydrogens (tertiary/aromatic N) is 2. The molecule has 4 heteroatoms. The highest BCUT2D eigenvalue weighted by molar-refractivity contribution is 5.89. The van der Waals surface area contributed by atoms with E-state index in [0.29, 0.717) is 18.8 Å². The number of amides is 1. The molecule has 3 aromatic carbocycles. The summed E-state index contributed by atoms with van der Waals surface area (Å²) in [5, 5.41) is 2.89. The van der Waals surface area contributed by atoms with Crippen LogP contribution in [-0.2, 0) is 11.2 Å². The zero-order valence-corrected chi connectivity index (χ0v) is 17.8. The van der Waals surface area contributed by atoms with E-state index in [2.05, 4.69) is 53.4 Å². The quantitative estimate of drug-likeness (QED) is 0.426. The van der Waals surface area contributed by atoms with Gasteiger partial charge in [0.15, 0.2) is 0 Å². The number of aryl methyl sites for hydroxylation is 3. The van der Waals surface area contributed by atoms with Crippen molar-refractivity contribution in [1.82, 2.24) is 9.97 Å². The predicted octanol–water partition coefficient (Wildman–Crippen LogP) is 6.00. The molecule has 31 heavy (non-hydrogen) atoms. The molecular weight excluding hydrogens is 382 g/mol. The van der Waals surface area contributed by atoms with Gasteiger partial charge in [-0.3, -0.25) is 10.1 Å². The monoisotopic (exact) mass is 407 g/mol. The van der Waals surface area contributed by atoms with Gasteiger partial charge in [0, 0.05) is 17.5 Å². The lowest BCUT2D eigenvalue weighted by Crippen LogP contribution is -2.15. The molecular formula is C27H25N3O. The zero-order valence-electron chi connectivity index (χ0n) is 17.8. The van der Waals surface area contributed by atoms with Gasteiger partial charge in [0.2, 0.25) is 11.9 Å². The Morgan fingerprint density at radius 3 is 1.77 bits per heavy atom. The predicted molar refractivity (Wildman–Crippen MR) is 126 cm³/mol. The molecule has 4 aromatic rings. The van der Waals surface area contributed by atoms with Crippen LogP contribution in [0.5, 0.6) is 0 Å². The Morgan fingerprint density at radius 1 is 0.742 bits per heavy atom. The second kappa shape index (κ2) is 9.35. The molecule has 0 aliphatic heterocycles. The summed E-state index contributed by atoms with van der Waals surface area (Å²) in [4.78, 5) is 21.8. The molecule has 0 unspecified atom stereocenters. The molecule has 0 spiro atoms. The molecule has 154 valence electrons. The summed E-state index contributed by atoms with van der Waals surface area (Å²) in [6.07, 6.45) is 1.05. The van der Waals surface area contributed by atoms with E-state index in [-0.39, 0.29) is 5.91 Å². The Hall–Kier alpha value is -3.79. The normalized spacial score (nSPS) is 10.6. The fourth-order valence-corrected chi connectivity index (χ4v) is 3.34. The number of anilines is 1. The van der Waals surface area contributed by atoms with E-state index in [1.165, 1.54) is 11.1 Å². The van der Waals surface area contributed by atoms with Crippen LogP contribution in [0.1, 0.15) is 23.1 Å². The van der Waals surface area contributed by atoms with Crippen molar-refractivity contribution in [3.8, 4) is 22.5 Å². The molecule has 0 atom stereocenters. The van der Waals surface area contributed by atoms with Crippen LogP contribution >= 0.6 is 0 Å². The van der Waals surface area contributed by atoms with Gasteiger partial charge in [0.05, 0.1) is 11.4 Å². The van der Waals surface area contributed by atoms with Crippen molar-refractivity contribution in [1.29, 1.82) is 0 Å². The molecule has 0 bridgehead atoms. The summed E-state index contributed by atoms with van der Waals surface area (Å²) in [7, 11) is 0. The van der Waals surface area contributed by atoms with Gasteiger partial charge in [0.25, 0.3) is 0 Å². The van der Waals surface area contributed by atoms with Gasteiger partial charge in [0.1, 0.15) is 0 Å². The van der Waals surface area contributed by atoms with E-state index in [0.717, 1.165) is 28.1 Å². The van der Waals surface area contributed by atoms with Crippen LogP contribution in [0.25, 0.3) is 22.5 Å². The minimum absolute atomic E-state index is 0.0974. The van der Waals surface area contributed by atoms with Crippen LogP contribution in [0, 0.1) is 13.8 Å². The fourth-order valence-electron chi connectivity index (χ4n) is 3.34. The van der Waals surface area contributed by atoms with Crippen LogP contribution in [0.15, 0.2) is 84.9 Å². The van der Waals surface area contributed by atoms with Crippen LogP contribution in [0.2, 0.25) is 0 Å². The Kier molecular flexibility index (Phi) is 6.18. The second-order valence-electron chi connectivity index (χ2n) is 7.73. The van der Waals surface area contributed by atoms with Crippen molar-refractivity contribution in [3.05, 3.63) is 102 Å². The van der Waals surface area contributed by atoms with Crippen molar-refractivity contribution in [3.63, 3.8) is 0 Å². The van der Waals surface area contributed by atoms with E-state index in [1.807, 2.05) is 60.7 Å². The Balaban J connectivity index is 1.61. The average Bonchev–Trinajstić information content (AvgIpc) is 2.79. The van der Waals surface area contributed by atoms with Gasteiger partial charge in [-0.2, -0.15) is 0 Å². The first-order valence-electron chi connectivity index (χ1n) is 10.4. The number of benzene rings is 3. The van der Waals surface area contributed by atoms with Crippen molar-refractivity contribution in [2.24, 2.45) is 0 Å². The highest BCUT2D eigenvalue weighted by Crippen LogP contribution is 2.26. The molecule has 1 heterocycles. The van der Waals surface area contributed by atoms with Crippen LogP contribution < -0.4 is 5.32 Å². The van der Waals surface area contributed by atoms with E-state index >= 15 is 0 Å². The maximum atomic E-state index is 12.6. The summed E-state index contributed by atoms with van der Waals surface area (Å²) in [5.41, 5.74) is 7.04. The van der Waals surface area contributed by atoms with Gasteiger partial charge in [-0.1, -0.05) is 90.0 Å². The highest BCUT2D eigenvalue weighted by Gasteiger charge is 2.11. The van der Waals surface area contributed by atoms with Gasteiger partial charge >= 0.3 is 0 Å². The summed E-state index contributed by atoms with van der Waals surface area (Å²) in [6, 6.07) is 28.3. The number of aromatic nitrogens is 2. The average molecular weight is 408 g/mol. The third-order valence-corrected chi connectivity index (χ3v) is 5.16. The highest BCUT2D eigenvalue weighted by atomic mass is 16.1. The van der Waals surface area contributed by atoms with Gasteiger partial charge in [-0.25, -0.2) is 9.97 Å². The molecule has 0 aliphatic carbocycles. The lowest BCUT2D eigenvalue weighted by Gasteiger charge is -2.10. The van der Waals surface area contributed by atoms with Crippen LogP contribution in [-0.4, -0.2) is 15.9 Å². The van der Waals surface area contributed by atoms with Crippen LogP contribution in [0.3, 0.4) is 0 Å². The SMILES string of the molecule is Cc1ccc(-c2cc(-c3ccc(C)cc3)nc(NC(=O)CCc3ccccc3)n2)cc1. The summed E-state index contributed by atoms with van der Waals surface area (Å²) in [5.74, 6) is 0.228. The first-order valence-corrected chi connectivity index (χ1v) is 10.4. The van der Waals surface area contributed by atoms with Gasteiger partial charge in [-0.15, -0.1) is 0 Å². The topological polar surface area (TPSA) is 54.9 Å². The third-order valence-electron chi connectivity index (χ3n) is 5.16. The molecule has 0 aliphatic rings. The lowest BCUT2D eigenvalue weighted by atomic mass is 10.1. The van der Waals surface area contributed by atoms with Crippen molar-refractivity contribution in [2.75, 3.05) is 5.32 Å². The second-order valence-corrected chi connectivity index (χ2v) is 7.73. The first-order chi connectivity index (χ1) is 15.1. The molecule has 1 amide bonds. The summed E-state index contributed by atoms with van der Waals surface area (Å²) < 4.78 is 0. The van der Waals surface area contributed by atoms with Crippen molar-refractivity contribution >= 4 is 11.9 Å². The lowest BCUT2D eigenvalue weighted by molar-refractivity contribution is -0.116. The smallest absolute Gasteiger partial charge is 0.230 e. The number of hydrogen-bond acceptors (Lipinski definition) is 3. The Bertz CT molecular complexity index is 1100. The fraction of sp³-hybridized carbons (Fsp3) is 0.148. The number of hydrogen-bond donors (Lipinski definition) is 1. The van der Waals surface area contributed by atoms with E-state index in [9.17, 15) is 4.79 Å². The zero-order chi connectivity index (χ0) is 21.6. The van der Waals surface area contributed by atoms with Crippen molar-refractivity contribution < 1.29 is 4.79 Å². The molecule has 0 radical (unpaired) electrons. The molecule has 0 fully saturated rings. The maximum absolute atomic E-state index is 12.6. The third kappa shape index (κ3) is 5.43. The van der Waals surface area contributed by atoms with Gasteiger partial charge in [-0.05, 0) is 31.9 Å². The minimum atomic E-state index is -0.0974. The standard InChI is InChI=1S/C27H25N3O/c1-19-8-13-22(14-9-19)24-18-25(23-15-10-20(2)11-16-23)29-27(28-24)30-26(31)17-12-21-6-4-3-5-7-21/h3-11,13-16,18H,12,17H2,1-2H3,(H,28,29,30,31). The number of nitrogens with one attached hydrogen (secondary N) is 1. The maximum Gasteiger partial charge on any atom is 0.230 e. The minimum Gasteiger partial charge on any atom is -0.294 e. The molecule has 4 nitrogen and oxygen atoms in total. The number of carbonyl (C=O) groups is 1. The molecule has 0 saturated carbocycles. The molecule has 1 N–H and O–H groups in total. The largest absolute Gasteiger partial charge is 0.294 e. The van der Waals surface area contributed by atoms with Crippen molar-refractivity contribution in [2.45, 2.75) is 26.7 Å². The summed E-state index contributed by atoms with van der Waals surface area (Å²) in [6.45, 7) is 4.11. The van der Waals surface area contributed by atoms with E-state index in [1.54, 1.807) is 0 Å². The van der Waals surface area contributed by atoms with Gasteiger partial charge < -0.3 is 0 Å². The number of carbonyl (C=O) groups excluding carboxylic acids is 1. The molecule has 4 rings (SSSR count). The van der Waals surface area contributed by atoms with Crippen LogP contribution in [0.4, 0.5) is 5.95 Å². The van der Waals surface area contributed by atoms with E-state index in [4.69, 9.17) is 0 Å². The number of rotatable bonds is 6. The Morgan fingerprint density at radius 2 is 1.26 bits per heavy atom. The summed E-state index contributed by atoms with van der Waals surface area (Å²) >= 11 is 0. The van der Waals surface area contributed by atoms with E-state index < -0.39 is 0 Å². The molecule has 1 aromatic heterocycles. The molecule has 0 saturated heterocycles. The first kappa shape index (κ1) is 20.5. The Labute approximate surface area is 183 Å².